The lowest BCUT2D eigenvalue weighted by atomic mass is 9.98. The number of hydrogen-bond acceptors (Lipinski definition) is 4. The van der Waals surface area contributed by atoms with E-state index in [4.69, 9.17) is 4.74 Å². The largest absolute Gasteiger partial charge is 0.440 e. The van der Waals surface area contributed by atoms with Crippen molar-refractivity contribution in [2.75, 3.05) is 0 Å². The smallest absolute Gasteiger partial charge is 0.428 e. The number of rotatable bonds is 4. The summed E-state index contributed by atoms with van der Waals surface area (Å²) in [7, 11) is 0. The van der Waals surface area contributed by atoms with Crippen molar-refractivity contribution >= 4 is 0 Å². The minimum absolute atomic E-state index is 0.0576. The second-order valence-corrected chi connectivity index (χ2v) is 5.89. The summed E-state index contributed by atoms with van der Waals surface area (Å²) >= 11 is 0. The third kappa shape index (κ3) is 3.80. The number of benzene rings is 2. The molecule has 1 aliphatic rings. The van der Waals surface area contributed by atoms with Gasteiger partial charge in [-0.2, -0.15) is 26.3 Å². The first-order valence-corrected chi connectivity index (χ1v) is 7.96. The molecular formula is C18H13F6N3O. The zero-order valence-electron chi connectivity index (χ0n) is 14.1. The summed E-state index contributed by atoms with van der Waals surface area (Å²) in [5.74, 6) is -0.665. The maximum absolute atomic E-state index is 13.4. The fourth-order valence-corrected chi connectivity index (χ4v) is 2.45. The van der Waals surface area contributed by atoms with Crippen molar-refractivity contribution in [2.45, 2.75) is 24.4 Å². The molecule has 0 aliphatic carbocycles. The van der Waals surface area contributed by atoms with Gasteiger partial charge < -0.3 is 4.74 Å². The van der Waals surface area contributed by atoms with Crippen LogP contribution in [0.4, 0.5) is 26.3 Å². The third-order valence-corrected chi connectivity index (χ3v) is 3.90. The Labute approximate surface area is 155 Å². The first-order valence-electron chi connectivity index (χ1n) is 7.96. The predicted molar refractivity (Wildman–Crippen MR) is 86.8 cm³/mol. The van der Waals surface area contributed by atoms with E-state index in [1.807, 2.05) is 0 Å². The molecular weight excluding hydrogens is 388 g/mol. The lowest BCUT2D eigenvalue weighted by molar-refractivity contribution is -0.283. The standard InChI is InChI=1S/C18H13F6N3O/c19-17(20,21)16(18(22,23)24)11-15(28-14-9-5-2-6-10-14)27(26-25-16)12-13-7-3-1-4-8-13/h1-11H,12H2. The maximum Gasteiger partial charge on any atom is 0.428 e. The van der Waals surface area contributed by atoms with E-state index in [9.17, 15) is 26.3 Å². The van der Waals surface area contributed by atoms with Gasteiger partial charge >= 0.3 is 12.4 Å². The van der Waals surface area contributed by atoms with Gasteiger partial charge in [-0.15, -0.1) is 5.11 Å². The van der Waals surface area contributed by atoms with Gasteiger partial charge in [-0.25, -0.2) is 5.01 Å². The van der Waals surface area contributed by atoms with Crippen LogP contribution in [0.15, 0.2) is 83.0 Å². The molecule has 0 unspecified atom stereocenters. The first-order chi connectivity index (χ1) is 13.1. The van der Waals surface area contributed by atoms with Gasteiger partial charge in [0.05, 0.1) is 6.54 Å². The van der Waals surface area contributed by atoms with Gasteiger partial charge in [0.1, 0.15) is 5.75 Å². The molecule has 28 heavy (non-hydrogen) atoms. The Hall–Kier alpha value is -3.04. The number of hydrogen-bond donors (Lipinski definition) is 0. The highest BCUT2D eigenvalue weighted by atomic mass is 19.4. The van der Waals surface area contributed by atoms with Gasteiger partial charge in [-0.3, -0.25) is 0 Å². The molecule has 2 aromatic carbocycles. The summed E-state index contributed by atoms with van der Waals surface area (Å²) in [5, 5.41) is 6.68. The fraction of sp³-hybridized carbons (Fsp3) is 0.222. The second kappa shape index (κ2) is 7.17. The minimum atomic E-state index is -5.75. The summed E-state index contributed by atoms with van der Waals surface area (Å²) in [6, 6.07) is 15.8. The van der Waals surface area contributed by atoms with Crippen LogP contribution in [0.1, 0.15) is 5.56 Å². The molecule has 0 saturated heterocycles. The number of ether oxygens (including phenoxy) is 1. The summed E-state index contributed by atoms with van der Waals surface area (Å²) in [4.78, 5) is 0. The van der Waals surface area contributed by atoms with Crippen LogP contribution in [0.2, 0.25) is 0 Å². The summed E-state index contributed by atoms with van der Waals surface area (Å²) in [5.41, 5.74) is -3.90. The van der Waals surface area contributed by atoms with Gasteiger partial charge in [0, 0.05) is 6.08 Å². The zero-order chi connectivity index (χ0) is 20.4. The molecule has 0 saturated carbocycles. The third-order valence-electron chi connectivity index (χ3n) is 3.90. The monoisotopic (exact) mass is 401 g/mol. The molecule has 10 heteroatoms. The van der Waals surface area contributed by atoms with Crippen LogP contribution >= 0.6 is 0 Å². The van der Waals surface area contributed by atoms with E-state index in [-0.39, 0.29) is 18.4 Å². The highest BCUT2D eigenvalue weighted by Gasteiger charge is 2.72. The van der Waals surface area contributed by atoms with Crippen LogP contribution in [0.25, 0.3) is 0 Å². The highest BCUT2D eigenvalue weighted by molar-refractivity contribution is 5.27. The normalized spacial score (nSPS) is 16.6. The van der Waals surface area contributed by atoms with Crippen LogP contribution < -0.4 is 4.74 Å². The molecule has 2 aromatic rings. The van der Waals surface area contributed by atoms with Crippen LogP contribution in [-0.2, 0) is 6.54 Å². The zero-order valence-corrected chi connectivity index (χ0v) is 14.1. The van der Waals surface area contributed by atoms with Gasteiger partial charge in [0.25, 0.3) is 5.54 Å². The summed E-state index contributed by atoms with van der Waals surface area (Å²) in [6.45, 7) is -0.130. The van der Waals surface area contributed by atoms with E-state index in [0.717, 1.165) is 5.01 Å². The molecule has 0 amide bonds. The van der Waals surface area contributed by atoms with E-state index in [1.54, 1.807) is 36.4 Å². The van der Waals surface area contributed by atoms with E-state index < -0.39 is 23.8 Å². The molecule has 3 rings (SSSR count). The Balaban J connectivity index is 2.04. The van der Waals surface area contributed by atoms with Gasteiger partial charge in [0.15, 0.2) is 0 Å². The Kier molecular flexibility index (Phi) is 5.05. The molecule has 0 radical (unpaired) electrons. The summed E-state index contributed by atoms with van der Waals surface area (Å²) in [6.07, 6.45) is -11.6. The van der Waals surface area contributed by atoms with Crippen molar-refractivity contribution in [3.63, 3.8) is 0 Å². The van der Waals surface area contributed by atoms with E-state index in [2.05, 4.69) is 10.3 Å². The molecule has 1 aliphatic heterocycles. The van der Waals surface area contributed by atoms with Crippen molar-refractivity contribution in [1.82, 2.24) is 5.01 Å². The summed E-state index contributed by atoms with van der Waals surface area (Å²) < 4.78 is 85.5. The van der Waals surface area contributed by atoms with Crippen LogP contribution in [0.5, 0.6) is 5.75 Å². The van der Waals surface area contributed by atoms with Crippen molar-refractivity contribution in [1.29, 1.82) is 0 Å². The molecule has 0 bridgehead atoms. The quantitative estimate of drug-likeness (QED) is 0.621. The van der Waals surface area contributed by atoms with Crippen molar-refractivity contribution in [3.05, 3.63) is 78.2 Å². The average Bonchev–Trinajstić information content (AvgIpc) is 2.63. The molecule has 0 atom stereocenters. The van der Waals surface area contributed by atoms with Crippen LogP contribution in [0.3, 0.4) is 0 Å². The molecule has 0 N–H and O–H groups in total. The average molecular weight is 401 g/mol. The van der Waals surface area contributed by atoms with E-state index in [0.29, 0.717) is 5.56 Å². The molecule has 0 aromatic heterocycles. The van der Waals surface area contributed by atoms with E-state index >= 15 is 0 Å². The predicted octanol–water partition coefficient (Wildman–Crippen LogP) is 5.65. The van der Waals surface area contributed by atoms with Gasteiger partial charge in [-0.05, 0) is 17.7 Å². The number of alkyl halides is 6. The van der Waals surface area contributed by atoms with Crippen molar-refractivity contribution < 1.29 is 31.1 Å². The topological polar surface area (TPSA) is 37.2 Å². The SMILES string of the molecule is FC(F)(F)C1(C(F)(F)F)C=C(Oc2ccccc2)N(Cc2ccccc2)N=N1. The second-order valence-electron chi connectivity index (χ2n) is 5.89. The Morgan fingerprint density at radius 3 is 1.89 bits per heavy atom. The van der Waals surface area contributed by atoms with Crippen molar-refractivity contribution in [3.8, 4) is 5.75 Å². The number of para-hydroxylation sites is 1. The van der Waals surface area contributed by atoms with Gasteiger partial charge in [0.2, 0.25) is 5.88 Å². The molecule has 148 valence electrons. The lowest BCUT2D eigenvalue weighted by Gasteiger charge is -2.35. The Morgan fingerprint density at radius 2 is 1.36 bits per heavy atom. The fourth-order valence-electron chi connectivity index (χ4n) is 2.45. The Morgan fingerprint density at radius 1 is 0.821 bits per heavy atom. The Bertz CT molecular complexity index is 848. The van der Waals surface area contributed by atoms with E-state index in [1.165, 1.54) is 24.3 Å². The van der Waals surface area contributed by atoms with Crippen LogP contribution in [-0.4, -0.2) is 22.9 Å². The number of nitrogens with zero attached hydrogens (tertiary/aromatic N) is 3. The number of halogens is 6. The molecule has 0 spiro atoms. The highest BCUT2D eigenvalue weighted by Crippen LogP contribution is 2.49. The maximum atomic E-state index is 13.4. The molecule has 4 nitrogen and oxygen atoms in total. The lowest BCUT2D eigenvalue weighted by Crippen LogP contribution is -2.55. The minimum Gasteiger partial charge on any atom is -0.440 e. The van der Waals surface area contributed by atoms with Crippen LogP contribution in [0, 0.1) is 0 Å². The van der Waals surface area contributed by atoms with Crippen molar-refractivity contribution in [2.24, 2.45) is 10.3 Å². The molecule has 0 fully saturated rings. The molecule has 1 heterocycles. The first kappa shape index (κ1) is 19.7. The van der Waals surface area contributed by atoms with Gasteiger partial charge in [-0.1, -0.05) is 53.8 Å².